The van der Waals surface area contributed by atoms with Crippen molar-refractivity contribution in [1.29, 1.82) is 0 Å². The Kier molecular flexibility index (Phi) is 4.00. The number of fused-ring (bicyclic) bond motifs is 1. The van der Waals surface area contributed by atoms with E-state index in [-0.39, 0.29) is 4.90 Å². The van der Waals surface area contributed by atoms with Gasteiger partial charge in [-0.25, -0.2) is 24.6 Å². The van der Waals surface area contributed by atoms with Gasteiger partial charge in [-0.1, -0.05) is 0 Å². The highest BCUT2D eigenvalue weighted by atomic mass is 32.2. The molecule has 4 nitrogen and oxygen atoms in total. The SMILES string of the molecule is NNc1nc(CSc2cc(F)ccc2F)nc2sccc12. The molecule has 3 aromatic rings. The van der Waals surface area contributed by atoms with Crippen molar-refractivity contribution < 1.29 is 8.78 Å². The number of rotatable bonds is 4. The molecule has 0 saturated carbocycles. The molecule has 0 saturated heterocycles. The summed E-state index contributed by atoms with van der Waals surface area (Å²) in [7, 11) is 0. The summed E-state index contributed by atoms with van der Waals surface area (Å²) in [5, 5.41) is 2.73. The number of nitrogens with zero attached hydrogens (tertiary/aromatic N) is 2. The van der Waals surface area contributed by atoms with Crippen molar-refractivity contribution in [3.05, 3.63) is 47.1 Å². The molecule has 0 radical (unpaired) electrons. The van der Waals surface area contributed by atoms with Gasteiger partial charge in [0.25, 0.3) is 0 Å². The number of hydrazine groups is 1. The summed E-state index contributed by atoms with van der Waals surface area (Å²) in [6.45, 7) is 0. The molecule has 0 unspecified atom stereocenters. The van der Waals surface area contributed by atoms with Crippen LogP contribution < -0.4 is 11.3 Å². The van der Waals surface area contributed by atoms with Gasteiger partial charge in [0.2, 0.25) is 0 Å². The number of nitrogens with one attached hydrogen (secondary N) is 1. The molecule has 1 aromatic carbocycles. The molecule has 2 aromatic heterocycles. The van der Waals surface area contributed by atoms with Crippen molar-refractivity contribution in [2.75, 3.05) is 5.43 Å². The number of anilines is 1. The van der Waals surface area contributed by atoms with E-state index < -0.39 is 11.6 Å². The lowest BCUT2D eigenvalue weighted by Gasteiger charge is -2.06. The third kappa shape index (κ3) is 2.97. The van der Waals surface area contributed by atoms with Crippen LogP contribution in [0.1, 0.15) is 5.82 Å². The quantitative estimate of drug-likeness (QED) is 0.436. The summed E-state index contributed by atoms with van der Waals surface area (Å²) in [4.78, 5) is 9.70. The Balaban J connectivity index is 1.86. The van der Waals surface area contributed by atoms with Crippen LogP contribution in [0.2, 0.25) is 0 Å². The van der Waals surface area contributed by atoms with Crippen molar-refractivity contribution in [2.45, 2.75) is 10.6 Å². The highest BCUT2D eigenvalue weighted by Crippen LogP contribution is 2.28. The number of benzene rings is 1. The lowest BCUT2D eigenvalue weighted by atomic mass is 10.3. The van der Waals surface area contributed by atoms with Gasteiger partial charge in [0, 0.05) is 4.90 Å². The van der Waals surface area contributed by atoms with Crippen LogP contribution in [-0.2, 0) is 5.75 Å². The number of halogens is 2. The Bertz CT molecular complexity index is 791. The first kappa shape index (κ1) is 14.2. The Labute approximate surface area is 127 Å². The fourth-order valence-electron chi connectivity index (χ4n) is 1.80. The summed E-state index contributed by atoms with van der Waals surface area (Å²) < 4.78 is 26.7. The lowest BCUT2D eigenvalue weighted by molar-refractivity contribution is 0.577. The zero-order chi connectivity index (χ0) is 14.8. The highest BCUT2D eigenvalue weighted by Gasteiger charge is 2.10. The number of nitrogens with two attached hydrogens (primary N) is 1. The van der Waals surface area contributed by atoms with E-state index in [9.17, 15) is 8.78 Å². The Morgan fingerprint density at radius 3 is 2.90 bits per heavy atom. The molecule has 3 N–H and O–H groups in total. The minimum Gasteiger partial charge on any atom is -0.308 e. The lowest BCUT2D eigenvalue weighted by Crippen LogP contribution is -2.10. The van der Waals surface area contributed by atoms with Gasteiger partial charge in [0.15, 0.2) is 5.82 Å². The molecule has 3 rings (SSSR count). The van der Waals surface area contributed by atoms with E-state index in [1.165, 1.54) is 11.3 Å². The smallest absolute Gasteiger partial charge is 0.152 e. The molecular weight excluding hydrogens is 314 g/mol. The second-order valence-electron chi connectivity index (χ2n) is 4.14. The molecule has 0 aliphatic rings. The maximum atomic E-state index is 13.6. The van der Waals surface area contributed by atoms with Gasteiger partial charge in [-0.15, -0.1) is 23.1 Å². The van der Waals surface area contributed by atoms with Gasteiger partial charge in [0.05, 0.1) is 11.1 Å². The van der Waals surface area contributed by atoms with Gasteiger partial charge in [-0.2, -0.15) is 0 Å². The average molecular weight is 324 g/mol. The summed E-state index contributed by atoms with van der Waals surface area (Å²) in [5.41, 5.74) is 2.53. The van der Waals surface area contributed by atoms with E-state index in [2.05, 4.69) is 15.4 Å². The van der Waals surface area contributed by atoms with Crippen molar-refractivity contribution in [1.82, 2.24) is 9.97 Å². The summed E-state index contributed by atoms with van der Waals surface area (Å²) in [5.74, 6) is 5.86. The summed E-state index contributed by atoms with van der Waals surface area (Å²) in [6, 6.07) is 5.22. The number of hydrogen-bond donors (Lipinski definition) is 2. The maximum Gasteiger partial charge on any atom is 0.152 e. The molecule has 108 valence electrons. The Morgan fingerprint density at radius 1 is 1.24 bits per heavy atom. The van der Waals surface area contributed by atoms with Crippen LogP contribution >= 0.6 is 23.1 Å². The third-order valence-electron chi connectivity index (χ3n) is 2.76. The predicted octanol–water partition coefficient (Wildman–Crippen LogP) is 3.55. The van der Waals surface area contributed by atoms with E-state index in [4.69, 9.17) is 5.84 Å². The standard InChI is InChI=1S/C13H10F2N4S2/c14-7-1-2-9(15)10(5-7)21-6-11-17-12(19-16)8-3-4-20-13(8)18-11/h1-5H,6,16H2,(H,17,18,19). The number of nitrogen functional groups attached to an aromatic ring is 1. The number of hydrogen-bond acceptors (Lipinski definition) is 6. The van der Waals surface area contributed by atoms with Crippen molar-refractivity contribution in [2.24, 2.45) is 5.84 Å². The van der Waals surface area contributed by atoms with Crippen LogP contribution in [0.5, 0.6) is 0 Å². The second-order valence-corrected chi connectivity index (χ2v) is 6.05. The topological polar surface area (TPSA) is 63.8 Å². The van der Waals surface area contributed by atoms with Gasteiger partial charge in [-0.3, -0.25) is 0 Å². The van der Waals surface area contributed by atoms with E-state index in [1.54, 1.807) is 0 Å². The Hall–Kier alpha value is -1.77. The van der Waals surface area contributed by atoms with Gasteiger partial charge < -0.3 is 5.43 Å². The first-order valence-corrected chi connectivity index (χ1v) is 7.82. The molecule has 0 amide bonds. The minimum absolute atomic E-state index is 0.229. The molecule has 8 heteroatoms. The van der Waals surface area contributed by atoms with Crippen molar-refractivity contribution >= 4 is 39.1 Å². The molecule has 0 aliphatic carbocycles. The van der Waals surface area contributed by atoms with Gasteiger partial charge >= 0.3 is 0 Å². The average Bonchev–Trinajstić information content (AvgIpc) is 2.95. The van der Waals surface area contributed by atoms with Crippen LogP contribution in [0.15, 0.2) is 34.5 Å². The van der Waals surface area contributed by atoms with Gasteiger partial charge in [0.1, 0.15) is 22.3 Å². The van der Waals surface area contributed by atoms with E-state index in [0.717, 1.165) is 40.2 Å². The van der Waals surface area contributed by atoms with Gasteiger partial charge in [-0.05, 0) is 29.6 Å². The first-order chi connectivity index (χ1) is 10.2. The zero-order valence-electron chi connectivity index (χ0n) is 10.6. The first-order valence-electron chi connectivity index (χ1n) is 5.96. The van der Waals surface area contributed by atoms with Crippen LogP contribution in [0.25, 0.3) is 10.2 Å². The molecular formula is C13H10F2N4S2. The normalized spacial score (nSPS) is 11.0. The summed E-state index contributed by atoms with van der Waals surface area (Å²) >= 11 is 2.61. The molecule has 0 bridgehead atoms. The van der Waals surface area contributed by atoms with E-state index in [1.807, 2.05) is 11.4 Å². The van der Waals surface area contributed by atoms with Crippen LogP contribution in [-0.4, -0.2) is 9.97 Å². The van der Waals surface area contributed by atoms with Crippen LogP contribution in [0, 0.1) is 11.6 Å². The largest absolute Gasteiger partial charge is 0.308 e. The van der Waals surface area contributed by atoms with Crippen molar-refractivity contribution in [3.8, 4) is 0 Å². The predicted molar refractivity (Wildman–Crippen MR) is 81.1 cm³/mol. The highest BCUT2D eigenvalue weighted by molar-refractivity contribution is 7.98. The van der Waals surface area contributed by atoms with Crippen LogP contribution in [0.3, 0.4) is 0 Å². The Morgan fingerprint density at radius 2 is 2.10 bits per heavy atom. The second kappa shape index (κ2) is 5.92. The fraction of sp³-hybridized carbons (Fsp3) is 0.0769. The minimum atomic E-state index is -0.474. The maximum absolute atomic E-state index is 13.6. The molecule has 21 heavy (non-hydrogen) atoms. The molecule has 0 aliphatic heterocycles. The number of thioether (sulfide) groups is 1. The number of thiophene rings is 1. The molecule has 2 heterocycles. The molecule has 0 atom stereocenters. The summed E-state index contributed by atoms with van der Waals surface area (Å²) in [6.07, 6.45) is 0. The fourth-order valence-corrected chi connectivity index (χ4v) is 3.40. The monoisotopic (exact) mass is 324 g/mol. The molecule has 0 fully saturated rings. The van der Waals surface area contributed by atoms with E-state index >= 15 is 0 Å². The van der Waals surface area contributed by atoms with Crippen LogP contribution in [0.4, 0.5) is 14.6 Å². The zero-order valence-corrected chi connectivity index (χ0v) is 12.3. The third-order valence-corrected chi connectivity index (χ3v) is 4.59. The molecule has 0 spiro atoms. The van der Waals surface area contributed by atoms with Crippen molar-refractivity contribution in [3.63, 3.8) is 0 Å². The van der Waals surface area contributed by atoms with E-state index in [0.29, 0.717) is 17.4 Å². The number of aromatic nitrogens is 2.